The highest BCUT2D eigenvalue weighted by Gasteiger charge is 2.47. The number of aryl methyl sites for hydroxylation is 1. The molecule has 0 aliphatic rings. The van der Waals surface area contributed by atoms with Gasteiger partial charge in [0.25, 0.3) is 0 Å². The third-order valence-electron chi connectivity index (χ3n) is 5.79. The fourth-order valence-corrected chi connectivity index (χ4v) is 5.56. The third kappa shape index (κ3) is 5.58. The van der Waals surface area contributed by atoms with Gasteiger partial charge in [-0.25, -0.2) is 18.0 Å². The normalized spacial score (nSPS) is 12.3. The van der Waals surface area contributed by atoms with Crippen molar-refractivity contribution in [1.29, 1.82) is 0 Å². The summed E-state index contributed by atoms with van der Waals surface area (Å²) in [4.78, 5) is 27.8. The third-order valence-corrected chi connectivity index (χ3v) is 7.64. The van der Waals surface area contributed by atoms with Gasteiger partial charge in [-0.05, 0) is 42.3 Å². The predicted molar refractivity (Wildman–Crippen MR) is 137 cm³/mol. The molecule has 0 aliphatic carbocycles. The number of nitrogens with zero attached hydrogens (tertiary/aromatic N) is 2. The van der Waals surface area contributed by atoms with Crippen molar-refractivity contribution in [3.05, 3.63) is 95.6 Å². The minimum atomic E-state index is -4.43. The number of esters is 2. The van der Waals surface area contributed by atoms with E-state index in [9.17, 15) is 18.0 Å². The molecule has 0 saturated carbocycles. The standard InChI is InChI=1S/C27H30N2O6S/c1-19-11-17-23(18-12-19)36(32,33)29(25(26(30)34-4)27(31)35-5)24(20-9-7-6-8-10-20)21-13-15-22(16-14-21)28(2)3/h6-18,24-25H,1-5H3. The van der Waals surface area contributed by atoms with Gasteiger partial charge in [0.05, 0.1) is 25.2 Å². The van der Waals surface area contributed by atoms with E-state index >= 15 is 0 Å². The van der Waals surface area contributed by atoms with Crippen molar-refractivity contribution in [1.82, 2.24) is 4.31 Å². The largest absolute Gasteiger partial charge is 0.467 e. The highest BCUT2D eigenvalue weighted by Crippen LogP contribution is 2.36. The summed E-state index contributed by atoms with van der Waals surface area (Å²) in [5.74, 6) is -2.10. The molecule has 0 bridgehead atoms. The summed E-state index contributed by atoms with van der Waals surface area (Å²) in [6.45, 7) is 1.83. The Labute approximate surface area is 212 Å². The monoisotopic (exact) mass is 510 g/mol. The van der Waals surface area contributed by atoms with Crippen molar-refractivity contribution in [3.63, 3.8) is 0 Å². The second kappa shape index (κ2) is 11.4. The fourth-order valence-electron chi connectivity index (χ4n) is 3.86. The maximum Gasteiger partial charge on any atom is 0.335 e. The average Bonchev–Trinajstić information content (AvgIpc) is 2.88. The summed E-state index contributed by atoms with van der Waals surface area (Å²) in [6.07, 6.45) is 0. The minimum absolute atomic E-state index is 0.0725. The molecule has 36 heavy (non-hydrogen) atoms. The fraction of sp³-hybridized carbons (Fsp3) is 0.259. The Kier molecular flexibility index (Phi) is 8.49. The van der Waals surface area contributed by atoms with Crippen LogP contribution in [0.25, 0.3) is 0 Å². The summed E-state index contributed by atoms with van der Waals surface area (Å²) in [6, 6.07) is 19.3. The van der Waals surface area contributed by atoms with E-state index in [1.54, 1.807) is 54.6 Å². The van der Waals surface area contributed by atoms with Gasteiger partial charge in [0, 0.05) is 19.8 Å². The molecule has 0 heterocycles. The van der Waals surface area contributed by atoms with Crippen LogP contribution >= 0.6 is 0 Å². The van der Waals surface area contributed by atoms with Crippen LogP contribution < -0.4 is 4.90 Å². The Balaban J connectivity index is 2.36. The zero-order valence-electron chi connectivity index (χ0n) is 20.9. The number of hydrogen-bond acceptors (Lipinski definition) is 7. The lowest BCUT2D eigenvalue weighted by atomic mass is 9.97. The maximum atomic E-state index is 14.2. The van der Waals surface area contributed by atoms with Gasteiger partial charge in [0.15, 0.2) is 0 Å². The molecule has 0 spiro atoms. The second-order valence-electron chi connectivity index (χ2n) is 8.40. The van der Waals surface area contributed by atoms with Gasteiger partial charge < -0.3 is 14.4 Å². The molecule has 0 aromatic heterocycles. The summed E-state index contributed by atoms with van der Waals surface area (Å²) >= 11 is 0. The Morgan fingerprint density at radius 2 is 1.25 bits per heavy atom. The average molecular weight is 511 g/mol. The number of anilines is 1. The number of carbonyl (C=O) groups excluding carboxylic acids is 2. The first-order chi connectivity index (χ1) is 17.1. The van der Waals surface area contributed by atoms with Crippen LogP contribution in [0.2, 0.25) is 0 Å². The van der Waals surface area contributed by atoms with Gasteiger partial charge in [-0.3, -0.25) is 0 Å². The maximum absolute atomic E-state index is 14.2. The number of rotatable bonds is 9. The van der Waals surface area contributed by atoms with E-state index in [1.165, 1.54) is 12.1 Å². The minimum Gasteiger partial charge on any atom is -0.467 e. The zero-order valence-corrected chi connectivity index (χ0v) is 21.7. The highest BCUT2D eigenvalue weighted by atomic mass is 32.2. The van der Waals surface area contributed by atoms with Crippen LogP contribution in [-0.4, -0.2) is 59.0 Å². The van der Waals surface area contributed by atoms with Crippen LogP contribution in [0.1, 0.15) is 22.7 Å². The van der Waals surface area contributed by atoms with E-state index < -0.39 is 34.0 Å². The Morgan fingerprint density at radius 1 is 0.750 bits per heavy atom. The summed E-state index contributed by atoms with van der Waals surface area (Å²) < 4.78 is 39.0. The molecule has 9 heteroatoms. The topological polar surface area (TPSA) is 93.2 Å². The van der Waals surface area contributed by atoms with Crippen LogP contribution in [0, 0.1) is 6.92 Å². The van der Waals surface area contributed by atoms with Crippen LogP contribution in [0.15, 0.2) is 83.8 Å². The molecular weight excluding hydrogens is 480 g/mol. The van der Waals surface area contributed by atoms with Crippen LogP contribution in [0.3, 0.4) is 0 Å². The molecule has 190 valence electrons. The van der Waals surface area contributed by atoms with Crippen molar-refractivity contribution in [2.75, 3.05) is 33.2 Å². The van der Waals surface area contributed by atoms with Crippen molar-refractivity contribution >= 4 is 27.6 Å². The second-order valence-corrected chi connectivity index (χ2v) is 10.2. The summed E-state index contributed by atoms with van der Waals surface area (Å²) in [5.41, 5.74) is 2.87. The Hall–Kier alpha value is -3.69. The first-order valence-electron chi connectivity index (χ1n) is 11.2. The number of carbonyl (C=O) groups is 2. The van der Waals surface area contributed by atoms with Crippen molar-refractivity contribution in [2.45, 2.75) is 23.9 Å². The number of sulfonamides is 1. The highest BCUT2D eigenvalue weighted by molar-refractivity contribution is 7.89. The molecule has 0 N–H and O–H groups in total. The first-order valence-corrected chi connectivity index (χ1v) is 12.6. The molecule has 0 fully saturated rings. The number of ether oxygens (including phenoxy) is 2. The molecule has 3 aromatic rings. The predicted octanol–water partition coefficient (Wildman–Crippen LogP) is 3.56. The Morgan fingerprint density at radius 3 is 1.72 bits per heavy atom. The van der Waals surface area contributed by atoms with E-state index in [0.29, 0.717) is 11.1 Å². The number of methoxy groups -OCH3 is 2. The van der Waals surface area contributed by atoms with Gasteiger partial charge in [-0.2, -0.15) is 4.31 Å². The van der Waals surface area contributed by atoms with Crippen molar-refractivity contribution < 1.29 is 27.5 Å². The van der Waals surface area contributed by atoms with E-state index in [1.807, 2.05) is 38.1 Å². The van der Waals surface area contributed by atoms with E-state index in [4.69, 9.17) is 9.47 Å². The van der Waals surface area contributed by atoms with Crippen LogP contribution in [0.5, 0.6) is 0 Å². The van der Waals surface area contributed by atoms with Crippen LogP contribution in [0.4, 0.5) is 5.69 Å². The molecule has 0 saturated heterocycles. The molecule has 1 atom stereocenters. The van der Waals surface area contributed by atoms with E-state index in [-0.39, 0.29) is 4.90 Å². The SMILES string of the molecule is COC(=O)C(C(=O)OC)N(C(c1ccccc1)c1ccc(N(C)C)cc1)S(=O)(=O)c1ccc(C)cc1. The molecule has 1 unspecified atom stereocenters. The van der Waals surface area contributed by atoms with Gasteiger partial charge in [0.1, 0.15) is 0 Å². The lowest BCUT2D eigenvalue weighted by Crippen LogP contribution is -2.52. The summed E-state index contributed by atoms with van der Waals surface area (Å²) in [5, 5.41) is 0. The molecule has 0 radical (unpaired) electrons. The Bertz CT molecular complexity index is 1270. The molecule has 8 nitrogen and oxygen atoms in total. The first kappa shape index (κ1) is 26.9. The van der Waals surface area contributed by atoms with Crippen LogP contribution in [-0.2, 0) is 29.1 Å². The lowest BCUT2D eigenvalue weighted by molar-refractivity contribution is -0.158. The zero-order chi connectivity index (χ0) is 26.5. The molecule has 0 amide bonds. The van der Waals surface area contributed by atoms with Gasteiger partial charge in [-0.15, -0.1) is 0 Å². The lowest BCUT2D eigenvalue weighted by Gasteiger charge is -2.35. The van der Waals surface area contributed by atoms with Gasteiger partial charge >= 0.3 is 11.9 Å². The van der Waals surface area contributed by atoms with Crippen molar-refractivity contribution in [2.24, 2.45) is 0 Å². The molecular formula is C27H30N2O6S. The quantitative estimate of drug-likeness (QED) is 0.321. The molecule has 0 aliphatic heterocycles. The van der Waals surface area contributed by atoms with E-state index in [0.717, 1.165) is 29.8 Å². The smallest absolute Gasteiger partial charge is 0.335 e. The van der Waals surface area contributed by atoms with Gasteiger partial charge in [-0.1, -0.05) is 60.2 Å². The molecule has 3 aromatic carbocycles. The number of hydrogen-bond donors (Lipinski definition) is 0. The number of benzene rings is 3. The van der Waals surface area contributed by atoms with Gasteiger partial charge in [0.2, 0.25) is 16.1 Å². The van der Waals surface area contributed by atoms with E-state index in [2.05, 4.69) is 0 Å². The summed E-state index contributed by atoms with van der Waals surface area (Å²) in [7, 11) is 1.55. The molecule has 3 rings (SSSR count). The van der Waals surface area contributed by atoms with Crippen molar-refractivity contribution in [3.8, 4) is 0 Å².